The normalized spacial score (nSPS) is 11.3. The Morgan fingerprint density at radius 3 is 2.86 bits per heavy atom. The van der Waals surface area contributed by atoms with Gasteiger partial charge in [0.2, 0.25) is 5.88 Å². The summed E-state index contributed by atoms with van der Waals surface area (Å²) in [6.45, 7) is 0. The number of aliphatic carboxylic acids is 1. The highest BCUT2D eigenvalue weighted by Crippen LogP contribution is 2.29. The van der Waals surface area contributed by atoms with Crippen LogP contribution in [0.4, 0.5) is 0 Å². The van der Waals surface area contributed by atoms with Crippen molar-refractivity contribution >= 4 is 44.3 Å². The van der Waals surface area contributed by atoms with Crippen LogP contribution in [0.1, 0.15) is 5.69 Å². The lowest BCUT2D eigenvalue weighted by atomic mass is 10.3. The highest BCUT2D eigenvalue weighted by molar-refractivity contribution is 9.10. The summed E-state index contributed by atoms with van der Waals surface area (Å²) < 4.78 is 8.49. The zero-order valence-electron chi connectivity index (χ0n) is 10.6. The SMILES string of the molecule is O=C(O)/C=C/c1c(Oc2ccc(Br)cc2)nc2sccn12. The van der Waals surface area contributed by atoms with Crippen LogP contribution in [0.25, 0.3) is 11.0 Å². The first-order chi connectivity index (χ1) is 10.1. The molecule has 21 heavy (non-hydrogen) atoms. The van der Waals surface area contributed by atoms with Crippen molar-refractivity contribution in [1.29, 1.82) is 0 Å². The van der Waals surface area contributed by atoms with E-state index in [-0.39, 0.29) is 0 Å². The number of carbonyl (C=O) groups is 1. The quantitative estimate of drug-likeness (QED) is 0.709. The molecule has 0 radical (unpaired) electrons. The van der Waals surface area contributed by atoms with Gasteiger partial charge in [-0.25, -0.2) is 4.79 Å². The molecule has 0 aliphatic carbocycles. The van der Waals surface area contributed by atoms with E-state index in [2.05, 4.69) is 20.9 Å². The molecule has 0 bridgehead atoms. The third-order valence-corrected chi connectivity index (χ3v) is 3.96. The lowest BCUT2D eigenvalue weighted by molar-refractivity contribution is -0.131. The number of hydrogen-bond donors (Lipinski definition) is 1. The van der Waals surface area contributed by atoms with E-state index in [1.807, 2.05) is 35.8 Å². The minimum atomic E-state index is -1.02. The largest absolute Gasteiger partial charge is 0.478 e. The van der Waals surface area contributed by atoms with Gasteiger partial charge >= 0.3 is 5.97 Å². The van der Waals surface area contributed by atoms with Crippen molar-refractivity contribution in [3.05, 3.63) is 52.1 Å². The van der Waals surface area contributed by atoms with Gasteiger partial charge in [0.15, 0.2) is 4.96 Å². The lowest BCUT2D eigenvalue weighted by Crippen LogP contribution is -1.91. The Balaban J connectivity index is 2.00. The zero-order chi connectivity index (χ0) is 14.8. The Labute approximate surface area is 132 Å². The monoisotopic (exact) mass is 364 g/mol. The van der Waals surface area contributed by atoms with Gasteiger partial charge in [0.1, 0.15) is 11.4 Å². The third kappa shape index (κ3) is 2.98. The molecule has 5 nitrogen and oxygen atoms in total. The number of imidazole rings is 1. The first-order valence-electron chi connectivity index (χ1n) is 5.93. The van der Waals surface area contributed by atoms with Crippen LogP contribution in [0.15, 0.2) is 46.4 Å². The topological polar surface area (TPSA) is 63.8 Å². The van der Waals surface area contributed by atoms with Gasteiger partial charge in [0, 0.05) is 22.1 Å². The van der Waals surface area contributed by atoms with Crippen LogP contribution in [-0.4, -0.2) is 20.5 Å². The summed E-state index contributed by atoms with van der Waals surface area (Å²) >= 11 is 4.81. The molecule has 3 aromatic rings. The van der Waals surface area contributed by atoms with Crippen LogP contribution >= 0.6 is 27.3 Å². The third-order valence-electron chi connectivity index (χ3n) is 2.68. The highest BCUT2D eigenvalue weighted by Gasteiger charge is 2.13. The van der Waals surface area contributed by atoms with Crippen LogP contribution in [0.3, 0.4) is 0 Å². The molecule has 0 amide bonds. The number of carboxylic acids is 1. The second-order valence-electron chi connectivity index (χ2n) is 4.09. The summed E-state index contributed by atoms with van der Waals surface area (Å²) in [5, 5.41) is 10.7. The van der Waals surface area contributed by atoms with E-state index in [4.69, 9.17) is 9.84 Å². The standard InChI is InChI=1S/C14H9BrN2O3S/c15-9-1-3-10(4-2-9)20-13-11(5-6-12(18)19)17-7-8-21-14(17)16-13/h1-8H,(H,18,19)/b6-5+. The van der Waals surface area contributed by atoms with Crippen molar-refractivity contribution in [2.75, 3.05) is 0 Å². The number of hydrogen-bond acceptors (Lipinski definition) is 4. The number of halogens is 1. The Morgan fingerprint density at radius 2 is 2.14 bits per heavy atom. The molecule has 7 heteroatoms. The van der Waals surface area contributed by atoms with Gasteiger partial charge in [-0.05, 0) is 30.3 Å². The second-order valence-corrected chi connectivity index (χ2v) is 5.87. The van der Waals surface area contributed by atoms with E-state index in [1.165, 1.54) is 17.4 Å². The van der Waals surface area contributed by atoms with Crippen LogP contribution in [0, 0.1) is 0 Å². The molecule has 0 saturated heterocycles. The smallest absolute Gasteiger partial charge is 0.328 e. The van der Waals surface area contributed by atoms with Crippen LogP contribution < -0.4 is 4.74 Å². The Hall–Kier alpha value is -2.12. The molecule has 0 aliphatic heterocycles. The fourth-order valence-electron chi connectivity index (χ4n) is 1.77. The number of thiazole rings is 1. The number of fused-ring (bicyclic) bond motifs is 1. The summed E-state index contributed by atoms with van der Waals surface area (Å²) in [5.41, 5.74) is 0.594. The number of rotatable bonds is 4. The average Bonchev–Trinajstić information content (AvgIpc) is 3.00. The van der Waals surface area contributed by atoms with Gasteiger partial charge in [-0.1, -0.05) is 15.9 Å². The van der Waals surface area contributed by atoms with Crippen molar-refractivity contribution in [1.82, 2.24) is 9.38 Å². The summed E-state index contributed by atoms with van der Waals surface area (Å²) in [4.78, 5) is 15.8. The van der Waals surface area contributed by atoms with Gasteiger partial charge in [-0.2, -0.15) is 4.98 Å². The molecule has 0 saturated carbocycles. The second kappa shape index (κ2) is 5.71. The molecule has 1 aromatic carbocycles. The molecule has 3 rings (SSSR count). The molecule has 106 valence electrons. The van der Waals surface area contributed by atoms with Gasteiger partial charge in [-0.3, -0.25) is 4.40 Å². The van der Waals surface area contributed by atoms with Crippen molar-refractivity contribution < 1.29 is 14.6 Å². The first-order valence-corrected chi connectivity index (χ1v) is 7.61. The molecular formula is C14H9BrN2O3S. The summed E-state index contributed by atoms with van der Waals surface area (Å²) in [6, 6.07) is 7.34. The molecule has 0 spiro atoms. The highest BCUT2D eigenvalue weighted by atomic mass is 79.9. The van der Waals surface area contributed by atoms with Crippen molar-refractivity contribution in [2.24, 2.45) is 0 Å². The average molecular weight is 365 g/mol. The Bertz CT molecular complexity index is 820. The fraction of sp³-hybridized carbons (Fsp3) is 0. The molecule has 0 fully saturated rings. The van der Waals surface area contributed by atoms with E-state index < -0.39 is 5.97 Å². The number of benzene rings is 1. The van der Waals surface area contributed by atoms with Gasteiger partial charge in [-0.15, -0.1) is 11.3 Å². The molecule has 2 heterocycles. The molecule has 0 aliphatic rings. The molecule has 0 unspecified atom stereocenters. The first kappa shape index (κ1) is 13.8. The van der Waals surface area contributed by atoms with E-state index in [0.29, 0.717) is 17.3 Å². The number of ether oxygens (including phenoxy) is 1. The summed E-state index contributed by atoms with van der Waals surface area (Å²) in [6.07, 6.45) is 4.36. The number of nitrogens with zero attached hydrogens (tertiary/aromatic N) is 2. The predicted octanol–water partition coefficient (Wildman–Crippen LogP) is 4.05. The maximum absolute atomic E-state index is 10.7. The van der Waals surface area contributed by atoms with Crippen molar-refractivity contribution in [3.63, 3.8) is 0 Å². The maximum Gasteiger partial charge on any atom is 0.328 e. The van der Waals surface area contributed by atoms with Gasteiger partial charge < -0.3 is 9.84 Å². The van der Waals surface area contributed by atoms with Crippen LogP contribution in [0.2, 0.25) is 0 Å². The lowest BCUT2D eigenvalue weighted by Gasteiger charge is -2.03. The van der Waals surface area contributed by atoms with E-state index in [9.17, 15) is 4.79 Å². The van der Waals surface area contributed by atoms with Gasteiger partial charge in [0.25, 0.3) is 0 Å². The van der Waals surface area contributed by atoms with Crippen molar-refractivity contribution in [3.8, 4) is 11.6 Å². The predicted molar refractivity (Wildman–Crippen MR) is 84.0 cm³/mol. The van der Waals surface area contributed by atoms with Gasteiger partial charge in [0.05, 0.1) is 0 Å². The molecule has 2 aromatic heterocycles. The van der Waals surface area contributed by atoms with Crippen molar-refractivity contribution in [2.45, 2.75) is 0 Å². The summed E-state index contributed by atoms with van der Waals surface area (Å²) in [5.74, 6) is -0.00892. The van der Waals surface area contributed by atoms with E-state index in [0.717, 1.165) is 15.5 Å². The van der Waals surface area contributed by atoms with E-state index in [1.54, 1.807) is 4.40 Å². The Morgan fingerprint density at radius 1 is 1.38 bits per heavy atom. The zero-order valence-corrected chi connectivity index (χ0v) is 13.0. The maximum atomic E-state index is 10.7. The fourth-order valence-corrected chi connectivity index (χ4v) is 2.75. The molecule has 0 atom stereocenters. The Kier molecular flexibility index (Phi) is 3.76. The minimum Gasteiger partial charge on any atom is -0.478 e. The van der Waals surface area contributed by atoms with E-state index >= 15 is 0 Å². The molecule has 1 N–H and O–H groups in total. The minimum absolute atomic E-state index is 0.377. The van der Waals surface area contributed by atoms with Crippen LogP contribution in [0.5, 0.6) is 11.6 Å². The van der Waals surface area contributed by atoms with Crippen LogP contribution in [-0.2, 0) is 4.79 Å². The molecular weight excluding hydrogens is 356 g/mol. The summed E-state index contributed by atoms with van der Waals surface area (Å²) in [7, 11) is 0. The number of aromatic nitrogens is 2. The number of carboxylic acid groups (broad SMARTS) is 1.